The number of benzene rings is 1. The summed E-state index contributed by atoms with van der Waals surface area (Å²) in [6, 6.07) is 9.50. The van der Waals surface area contributed by atoms with Crippen LogP contribution < -0.4 is 11.1 Å². The van der Waals surface area contributed by atoms with Crippen LogP contribution >= 0.6 is 0 Å². The van der Waals surface area contributed by atoms with Crippen molar-refractivity contribution in [1.82, 2.24) is 15.0 Å². The molecule has 0 saturated heterocycles. The third-order valence-electron chi connectivity index (χ3n) is 4.02. The van der Waals surface area contributed by atoms with Crippen molar-refractivity contribution in [3.8, 4) is 0 Å². The van der Waals surface area contributed by atoms with Gasteiger partial charge in [-0.3, -0.25) is 4.79 Å². The number of nitrogens with two attached hydrogens (primary N) is 1. The number of para-hydroxylation sites is 1. The molecule has 1 aliphatic rings. The monoisotopic (exact) mass is 327 g/mol. The average Bonchev–Trinajstić information content (AvgIpc) is 3.06. The summed E-state index contributed by atoms with van der Waals surface area (Å²) in [7, 11) is 0. The van der Waals surface area contributed by atoms with Gasteiger partial charge < -0.3 is 15.8 Å². The third kappa shape index (κ3) is 4.65. The molecule has 1 aliphatic carbocycles. The quantitative estimate of drug-likeness (QED) is 0.786. The number of nitrogens with one attached hydrogen (secondary N) is 1. The van der Waals surface area contributed by atoms with E-state index in [-0.39, 0.29) is 18.5 Å². The Labute approximate surface area is 140 Å². The van der Waals surface area contributed by atoms with Gasteiger partial charge in [0.2, 0.25) is 11.9 Å². The molecule has 24 heavy (non-hydrogen) atoms. The van der Waals surface area contributed by atoms with Crippen LogP contribution in [0.25, 0.3) is 0 Å². The molecule has 3 rings (SSSR count). The zero-order chi connectivity index (χ0) is 16.8. The number of hydrogen-bond acceptors (Lipinski definition) is 7. The zero-order valence-corrected chi connectivity index (χ0v) is 13.4. The molecule has 2 aromatic rings. The normalized spacial score (nSPS) is 14.5. The molecule has 1 aromatic carbocycles. The summed E-state index contributed by atoms with van der Waals surface area (Å²) in [5.74, 6) is 0.996. The van der Waals surface area contributed by atoms with Crippen molar-refractivity contribution in [3.05, 3.63) is 36.2 Å². The number of aromatic nitrogens is 3. The Bertz CT molecular complexity index is 687. The maximum atomic E-state index is 11.9. The van der Waals surface area contributed by atoms with E-state index in [1.807, 2.05) is 30.3 Å². The maximum Gasteiger partial charge on any atom is 0.306 e. The second-order valence-electron chi connectivity index (χ2n) is 5.94. The highest BCUT2D eigenvalue weighted by Gasteiger charge is 2.19. The number of hydrogen-bond donors (Lipinski definition) is 2. The second-order valence-corrected chi connectivity index (χ2v) is 5.94. The van der Waals surface area contributed by atoms with Crippen LogP contribution in [0.4, 0.5) is 17.6 Å². The molecule has 126 valence electrons. The fourth-order valence-corrected chi connectivity index (χ4v) is 2.86. The molecule has 3 N–H and O–H groups in total. The first-order chi connectivity index (χ1) is 11.7. The lowest BCUT2D eigenvalue weighted by Crippen LogP contribution is -2.13. The highest BCUT2D eigenvalue weighted by atomic mass is 16.5. The Kier molecular flexibility index (Phi) is 5.20. The van der Waals surface area contributed by atoms with Crippen molar-refractivity contribution in [3.63, 3.8) is 0 Å². The molecule has 1 fully saturated rings. The standard InChI is InChI=1S/C17H21N5O2/c18-16-20-14(11-24-15(23)10-12-6-4-5-7-12)21-17(22-16)19-13-8-2-1-3-9-13/h1-3,8-9,12H,4-7,10-11H2,(H3,18,19,20,21,22). The van der Waals surface area contributed by atoms with Gasteiger partial charge in [0, 0.05) is 12.1 Å². The molecule has 1 heterocycles. The molecule has 0 aliphatic heterocycles. The van der Waals surface area contributed by atoms with Gasteiger partial charge in [0.25, 0.3) is 0 Å². The first-order valence-electron chi connectivity index (χ1n) is 8.17. The van der Waals surface area contributed by atoms with Gasteiger partial charge in [-0.1, -0.05) is 31.0 Å². The molecule has 1 saturated carbocycles. The highest BCUT2D eigenvalue weighted by molar-refractivity contribution is 5.69. The predicted molar refractivity (Wildman–Crippen MR) is 90.3 cm³/mol. The van der Waals surface area contributed by atoms with Crippen LogP contribution in [0.1, 0.15) is 37.9 Å². The number of carbonyl (C=O) groups is 1. The number of anilines is 3. The number of nitrogen functional groups attached to an aromatic ring is 1. The molecular weight excluding hydrogens is 306 g/mol. The maximum absolute atomic E-state index is 11.9. The van der Waals surface area contributed by atoms with Crippen molar-refractivity contribution in [2.24, 2.45) is 5.92 Å². The van der Waals surface area contributed by atoms with Crippen LogP contribution in [-0.2, 0) is 16.1 Å². The molecule has 7 heteroatoms. The first-order valence-corrected chi connectivity index (χ1v) is 8.17. The van der Waals surface area contributed by atoms with Gasteiger partial charge in [-0.15, -0.1) is 0 Å². The fraction of sp³-hybridized carbons (Fsp3) is 0.412. The summed E-state index contributed by atoms with van der Waals surface area (Å²) in [6.45, 7) is 0.00173. The van der Waals surface area contributed by atoms with E-state index >= 15 is 0 Å². The SMILES string of the molecule is Nc1nc(COC(=O)CC2CCCC2)nc(Nc2ccccc2)n1. The minimum Gasteiger partial charge on any atom is -0.457 e. The average molecular weight is 327 g/mol. The molecule has 0 atom stereocenters. The molecule has 7 nitrogen and oxygen atoms in total. The molecule has 0 amide bonds. The van der Waals surface area contributed by atoms with Crippen molar-refractivity contribution in [2.75, 3.05) is 11.1 Å². The van der Waals surface area contributed by atoms with E-state index in [9.17, 15) is 4.79 Å². The molecule has 1 aromatic heterocycles. The van der Waals surface area contributed by atoms with Crippen LogP contribution in [-0.4, -0.2) is 20.9 Å². The van der Waals surface area contributed by atoms with Crippen LogP contribution in [0, 0.1) is 5.92 Å². The lowest BCUT2D eigenvalue weighted by atomic mass is 10.1. The lowest BCUT2D eigenvalue weighted by molar-refractivity contribution is -0.146. The van der Waals surface area contributed by atoms with Gasteiger partial charge >= 0.3 is 5.97 Å². The number of carbonyl (C=O) groups excluding carboxylic acids is 1. The van der Waals surface area contributed by atoms with Gasteiger partial charge in [-0.25, -0.2) is 0 Å². The molecule has 0 spiro atoms. The largest absolute Gasteiger partial charge is 0.457 e. The minimum atomic E-state index is -0.210. The molecular formula is C17H21N5O2. The van der Waals surface area contributed by atoms with Crippen LogP contribution in [0.3, 0.4) is 0 Å². The predicted octanol–water partition coefficient (Wildman–Crippen LogP) is 2.82. The third-order valence-corrected chi connectivity index (χ3v) is 4.02. The topological polar surface area (TPSA) is 103 Å². The van der Waals surface area contributed by atoms with Crippen molar-refractivity contribution >= 4 is 23.6 Å². The Hall–Kier alpha value is -2.70. The van der Waals surface area contributed by atoms with Crippen LogP contribution in [0.15, 0.2) is 30.3 Å². The summed E-state index contributed by atoms with van der Waals surface area (Å²) in [4.78, 5) is 24.2. The summed E-state index contributed by atoms with van der Waals surface area (Å²) in [5, 5.41) is 3.05. The Morgan fingerprint density at radius 3 is 2.67 bits per heavy atom. The summed E-state index contributed by atoms with van der Waals surface area (Å²) in [6.07, 6.45) is 5.10. The summed E-state index contributed by atoms with van der Waals surface area (Å²) < 4.78 is 5.28. The van der Waals surface area contributed by atoms with Gasteiger partial charge in [0.05, 0.1) is 0 Å². The Balaban J connectivity index is 1.58. The van der Waals surface area contributed by atoms with E-state index < -0.39 is 0 Å². The molecule has 0 unspecified atom stereocenters. The fourth-order valence-electron chi connectivity index (χ4n) is 2.86. The van der Waals surface area contributed by atoms with E-state index in [0.29, 0.717) is 24.1 Å². The van der Waals surface area contributed by atoms with E-state index in [1.54, 1.807) is 0 Å². The zero-order valence-electron chi connectivity index (χ0n) is 13.4. The Morgan fingerprint density at radius 2 is 1.92 bits per heavy atom. The number of esters is 1. The number of ether oxygens (including phenoxy) is 1. The van der Waals surface area contributed by atoms with Gasteiger partial charge in [0.1, 0.15) is 0 Å². The number of rotatable bonds is 6. The summed E-state index contributed by atoms with van der Waals surface area (Å²) in [5.41, 5.74) is 6.55. The molecule has 0 bridgehead atoms. The van der Waals surface area contributed by atoms with Crippen LogP contribution in [0.2, 0.25) is 0 Å². The van der Waals surface area contributed by atoms with Gasteiger partial charge in [-0.05, 0) is 30.9 Å². The first kappa shape index (κ1) is 16.2. The van der Waals surface area contributed by atoms with Crippen molar-refractivity contribution in [1.29, 1.82) is 0 Å². The Morgan fingerprint density at radius 1 is 1.17 bits per heavy atom. The number of nitrogens with zero attached hydrogens (tertiary/aromatic N) is 3. The molecule has 0 radical (unpaired) electrons. The van der Waals surface area contributed by atoms with E-state index in [1.165, 1.54) is 12.8 Å². The second kappa shape index (κ2) is 7.72. The summed E-state index contributed by atoms with van der Waals surface area (Å²) >= 11 is 0. The highest BCUT2D eigenvalue weighted by Crippen LogP contribution is 2.27. The minimum absolute atomic E-state index is 0.00173. The van der Waals surface area contributed by atoms with Crippen molar-refractivity contribution in [2.45, 2.75) is 38.7 Å². The lowest BCUT2D eigenvalue weighted by Gasteiger charge is -2.10. The van der Waals surface area contributed by atoms with Crippen molar-refractivity contribution < 1.29 is 9.53 Å². The smallest absolute Gasteiger partial charge is 0.306 e. The van der Waals surface area contributed by atoms with E-state index in [4.69, 9.17) is 10.5 Å². The van der Waals surface area contributed by atoms with E-state index in [0.717, 1.165) is 18.5 Å². The van der Waals surface area contributed by atoms with Gasteiger partial charge in [-0.2, -0.15) is 15.0 Å². The van der Waals surface area contributed by atoms with E-state index in [2.05, 4.69) is 20.3 Å². The van der Waals surface area contributed by atoms with Crippen LogP contribution in [0.5, 0.6) is 0 Å². The van der Waals surface area contributed by atoms with Gasteiger partial charge in [0.15, 0.2) is 12.4 Å².